The molecule has 1 unspecified atom stereocenters. The number of carbonyl (C=O) groups is 1. The zero-order chi connectivity index (χ0) is 26.4. The van der Waals surface area contributed by atoms with Crippen LogP contribution >= 0.6 is 23.2 Å². The lowest BCUT2D eigenvalue weighted by Gasteiger charge is -2.26. The molecule has 0 spiro atoms. The van der Waals surface area contributed by atoms with Crippen molar-refractivity contribution in [3.05, 3.63) is 96.8 Å². The molecule has 4 aromatic rings. The van der Waals surface area contributed by atoms with Gasteiger partial charge >= 0.3 is 0 Å². The van der Waals surface area contributed by atoms with Crippen molar-refractivity contribution in [3.8, 4) is 17.2 Å². The fourth-order valence-electron chi connectivity index (χ4n) is 4.72. The second kappa shape index (κ2) is 9.65. The summed E-state index contributed by atoms with van der Waals surface area (Å²) in [6.45, 7) is 1.94. The Balaban J connectivity index is 1.79. The summed E-state index contributed by atoms with van der Waals surface area (Å²) in [5.41, 5.74) is 2.20. The Labute approximate surface area is 223 Å². The first-order chi connectivity index (χ1) is 17.8. The standard InChI is InChI=1S/C28H23Cl2NO6/c1-14-9-20-17(12-19(14)30)25(32)23-24(16-10-21(34-2)26(36-4)22(11-16)35-3)31(28(33)27(23)37-20)13-15-7-5-6-8-18(15)29/h5-12,24H,13H2,1-4H3. The number of hydrogen-bond donors (Lipinski definition) is 0. The van der Waals surface area contributed by atoms with Gasteiger partial charge in [0.05, 0.1) is 38.3 Å². The van der Waals surface area contributed by atoms with Gasteiger partial charge in [0.15, 0.2) is 16.9 Å². The van der Waals surface area contributed by atoms with E-state index in [2.05, 4.69) is 0 Å². The highest BCUT2D eigenvalue weighted by Gasteiger charge is 2.43. The van der Waals surface area contributed by atoms with Crippen LogP contribution in [-0.4, -0.2) is 32.1 Å². The summed E-state index contributed by atoms with van der Waals surface area (Å²) in [5, 5.41) is 1.22. The SMILES string of the molecule is COc1cc(C2c3c(oc4cc(C)c(Cl)cc4c3=O)C(=O)N2Cc2ccccc2Cl)cc(OC)c1OC. The van der Waals surface area contributed by atoms with E-state index in [4.69, 9.17) is 41.8 Å². The highest BCUT2D eigenvalue weighted by Crippen LogP contribution is 2.45. The van der Waals surface area contributed by atoms with Crippen molar-refractivity contribution >= 4 is 40.1 Å². The van der Waals surface area contributed by atoms with Crippen LogP contribution in [0.25, 0.3) is 11.0 Å². The van der Waals surface area contributed by atoms with Crippen LogP contribution < -0.4 is 19.6 Å². The van der Waals surface area contributed by atoms with E-state index in [1.54, 1.807) is 42.2 Å². The molecular weight excluding hydrogens is 517 g/mol. The van der Waals surface area contributed by atoms with Crippen molar-refractivity contribution in [3.63, 3.8) is 0 Å². The summed E-state index contributed by atoms with van der Waals surface area (Å²) in [4.78, 5) is 29.3. The van der Waals surface area contributed by atoms with E-state index in [0.29, 0.717) is 43.8 Å². The summed E-state index contributed by atoms with van der Waals surface area (Å²) in [6, 6.07) is 13.1. The van der Waals surface area contributed by atoms with Crippen LogP contribution in [0.5, 0.6) is 17.2 Å². The third-order valence-corrected chi connectivity index (χ3v) is 7.32. The fraction of sp³-hybridized carbons (Fsp3) is 0.214. The van der Waals surface area contributed by atoms with Gasteiger partial charge in [0.2, 0.25) is 11.5 Å². The van der Waals surface area contributed by atoms with Crippen molar-refractivity contribution < 1.29 is 23.4 Å². The molecule has 37 heavy (non-hydrogen) atoms. The Kier molecular flexibility index (Phi) is 6.52. The summed E-state index contributed by atoms with van der Waals surface area (Å²) in [5.74, 6) is 0.715. The Hall–Kier alpha value is -3.68. The van der Waals surface area contributed by atoms with Crippen molar-refractivity contribution in [2.24, 2.45) is 0 Å². The van der Waals surface area contributed by atoms with Gasteiger partial charge in [0.1, 0.15) is 5.58 Å². The molecule has 7 nitrogen and oxygen atoms in total. The maximum Gasteiger partial charge on any atom is 0.291 e. The minimum absolute atomic E-state index is 0.0231. The lowest BCUT2D eigenvalue weighted by Crippen LogP contribution is -2.29. The number of rotatable bonds is 6. The lowest BCUT2D eigenvalue weighted by molar-refractivity contribution is 0.0714. The molecule has 1 aliphatic rings. The molecule has 2 heterocycles. The first kappa shape index (κ1) is 25.0. The van der Waals surface area contributed by atoms with E-state index in [1.807, 2.05) is 18.2 Å². The summed E-state index contributed by atoms with van der Waals surface area (Å²) >= 11 is 12.8. The van der Waals surface area contributed by atoms with Gasteiger partial charge in [-0.2, -0.15) is 0 Å². The molecule has 1 aliphatic heterocycles. The smallest absolute Gasteiger partial charge is 0.291 e. The number of hydrogen-bond acceptors (Lipinski definition) is 6. The van der Waals surface area contributed by atoms with Gasteiger partial charge in [0, 0.05) is 16.6 Å². The molecule has 0 aliphatic carbocycles. The van der Waals surface area contributed by atoms with Gasteiger partial charge in [-0.05, 0) is 53.9 Å². The van der Waals surface area contributed by atoms with Crippen molar-refractivity contribution in [1.29, 1.82) is 0 Å². The van der Waals surface area contributed by atoms with Gasteiger partial charge in [-0.25, -0.2) is 0 Å². The minimum atomic E-state index is -0.812. The maximum atomic E-state index is 13.9. The summed E-state index contributed by atoms with van der Waals surface area (Å²) < 4.78 is 22.6. The third kappa shape index (κ3) is 4.08. The molecule has 1 aromatic heterocycles. The van der Waals surface area contributed by atoms with Crippen LogP contribution in [-0.2, 0) is 6.54 Å². The zero-order valence-electron chi connectivity index (χ0n) is 20.6. The molecule has 1 atom stereocenters. The first-order valence-electron chi connectivity index (χ1n) is 11.4. The zero-order valence-corrected chi connectivity index (χ0v) is 22.1. The normalized spacial score (nSPS) is 14.7. The van der Waals surface area contributed by atoms with E-state index < -0.39 is 11.9 Å². The van der Waals surface area contributed by atoms with Crippen LogP contribution in [0.2, 0.25) is 10.0 Å². The van der Waals surface area contributed by atoms with Crippen LogP contribution in [0, 0.1) is 6.92 Å². The van der Waals surface area contributed by atoms with Gasteiger partial charge in [-0.15, -0.1) is 0 Å². The third-order valence-electron chi connectivity index (χ3n) is 6.55. The topological polar surface area (TPSA) is 78.2 Å². The van der Waals surface area contributed by atoms with Gasteiger partial charge in [0.25, 0.3) is 5.91 Å². The minimum Gasteiger partial charge on any atom is -0.493 e. The largest absolute Gasteiger partial charge is 0.493 e. The van der Waals surface area contributed by atoms with Gasteiger partial charge < -0.3 is 23.5 Å². The van der Waals surface area contributed by atoms with Gasteiger partial charge in [-0.3, -0.25) is 9.59 Å². The van der Waals surface area contributed by atoms with E-state index in [-0.39, 0.29) is 23.3 Å². The Morgan fingerprint density at radius 3 is 2.22 bits per heavy atom. The monoisotopic (exact) mass is 539 g/mol. The average Bonchev–Trinajstić information content (AvgIpc) is 3.17. The number of amides is 1. The van der Waals surface area contributed by atoms with Crippen LogP contribution in [0.15, 0.2) is 57.7 Å². The molecule has 1 amide bonds. The summed E-state index contributed by atoms with van der Waals surface area (Å²) in [7, 11) is 4.51. The predicted octanol–water partition coefficient (Wildman–Crippen LogP) is 6.18. The number of aryl methyl sites for hydroxylation is 1. The molecule has 0 saturated heterocycles. The Morgan fingerprint density at radius 2 is 1.59 bits per heavy atom. The van der Waals surface area contributed by atoms with Crippen molar-refractivity contribution in [1.82, 2.24) is 4.90 Å². The van der Waals surface area contributed by atoms with Crippen molar-refractivity contribution in [2.75, 3.05) is 21.3 Å². The molecule has 190 valence electrons. The quantitative estimate of drug-likeness (QED) is 0.291. The number of nitrogens with zero attached hydrogens (tertiary/aromatic N) is 1. The second-order valence-corrected chi connectivity index (χ2v) is 9.47. The number of halogens is 2. The number of fused-ring (bicyclic) bond motifs is 2. The molecule has 0 saturated carbocycles. The second-order valence-electron chi connectivity index (χ2n) is 8.66. The predicted molar refractivity (Wildman–Crippen MR) is 141 cm³/mol. The molecular formula is C28H23Cl2NO6. The molecule has 0 fully saturated rings. The maximum absolute atomic E-state index is 13.9. The van der Waals surface area contributed by atoms with E-state index in [0.717, 1.165) is 11.1 Å². The molecule has 0 radical (unpaired) electrons. The summed E-state index contributed by atoms with van der Waals surface area (Å²) in [6.07, 6.45) is 0. The highest BCUT2D eigenvalue weighted by atomic mass is 35.5. The number of benzene rings is 3. The Morgan fingerprint density at radius 1 is 0.919 bits per heavy atom. The van der Waals surface area contributed by atoms with Crippen LogP contribution in [0.1, 0.15) is 38.9 Å². The fourth-order valence-corrected chi connectivity index (χ4v) is 5.08. The molecule has 9 heteroatoms. The molecule has 0 bridgehead atoms. The number of ether oxygens (including phenoxy) is 3. The molecule has 5 rings (SSSR count). The van der Waals surface area contributed by atoms with E-state index in [1.165, 1.54) is 21.3 Å². The van der Waals surface area contributed by atoms with E-state index >= 15 is 0 Å². The van der Waals surface area contributed by atoms with E-state index in [9.17, 15) is 9.59 Å². The molecule has 0 N–H and O–H groups in total. The average molecular weight is 540 g/mol. The molecule has 3 aromatic carbocycles. The first-order valence-corrected chi connectivity index (χ1v) is 12.2. The van der Waals surface area contributed by atoms with Crippen LogP contribution in [0.3, 0.4) is 0 Å². The number of carbonyl (C=O) groups excluding carboxylic acids is 1. The van der Waals surface area contributed by atoms with Crippen molar-refractivity contribution in [2.45, 2.75) is 19.5 Å². The van der Waals surface area contributed by atoms with Crippen LogP contribution in [0.4, 0.5) is 0 Å². The lowest BCUT2D eigenvalue weighted by atomic mass is 9.97. The highest BCUT2D eigenvalue weighted by molar-refractivity contribution is 6.32. The Bertz CT molecular complexity index is 1590. The van der Waals surface area contributed by atoms with Gasteiger partial charge in [-0.1, -0.05) is 41.4 Å². The number of methoxy groups -OCH3 is 3.